The Morgan fingerprint density at radius 3 is 2.75 bits per heavy atom. The van der Waals surface area contributed by atoms with Crippen LogP contribution >= 0.6 is 35.0 Å². The predicted molar refractivity (Wildman–Crippen MR) is 117 cm³/mol. The molecule has 0 unspecified atom stereocenters. The second-order valence-electron chi connectivity index (χ2n) is 6.69. The molecule has 2 atom stereocenters. The third-order valence-corrected chi connectivity index (χ3v) is 8.13. The van der Waals surface area contributed by atoms with E-state index in [0.29, 0.717) is 21.5 Å². The maximum Gasteiger partial charge on any atom is 0.164 e. The summed E-state index contributed by atoms with van der Waals surface area (Å²) < 4.78 is 29.9. The van der Waals surface area contributed by atoms with Crippen molar-refractivity contribution in [2.24, 2.45) is 4.99 Å². The Kier molecular flexibility index (Phi) is 5.53. The first-order chi connectivity index (χ1) is 13.4. The van der Waals surface area contributed by atoms with Gasteiger partial charge in [-0.25, -0.2) is 8.42 Å². The van der Waals surface area contributed by atoms with Gasteiger partial charge in [-0.1, -0.05) is 53.2 Å². The van der Waals surface area contributed by atoms with Crippen LogP contribution in [-0.2, 0) is 15.6 Å². The van der Waals surface area contributed by atoms with Crippen molar-refractivity contribution in [2.45, 2.75) is 17.8 Å². The molecule has 2 heterocycles. The zero-order chi connectivity index (χ0) is 19.9. The zero-order valence-corrected chi connectivity index (χ0v) is 18.2. The summed E-state index contributed by atoms with van der Waals surface area (Å²) in [5.41, 5.74) is 1.77. The van der Waals surface area contributed by atoms with Gasteiger partial charge in [0, 0.05) is 15.8 Å². The van der Waals surface area contributed by atoms with Gasteiger partial charge in [-0.15, -0.1) is 0 Å². The predicted octanol–water partition coefficient (Wildman–Crippen LogP) is 4.28. The van der Waals surface area contributed by atoms with Crippen LogP contribution < -0.4 is 9.64 Å². The van der Waals surface area contributed by atoms with Gasteiger partial charge >= 0.3 is 0 Å². The third kappa shape index (κ3) is 3.85. The summed E-state index contributed by atoms with van der Waals surface area (Å²) in [5, 5.41) is 1.97. The van der Waals surface area contributed by atoms with E-state index in [1.807, 2.05) is 35.2 Å². The molecule has 2 aliphatic heterocycles. The summed E-state index contributed by atoms with van der Waals surface area (Å²) in [4.78, 5) is 6.75. The van der Waals surface area contributed by atoms with Crippen molar-refractivity contribution in [3.05, 3.63) is 58.1 Å². The van der Waals surface area contributed by atoms with Gasteiger partial charge in [0.25, 0.3) is 0 Å². The number of rotatable bonds is 4. The smallest absolute Gasteiger partial charge is 0.164 e. The number of nitrogens with zero attached hydrogens (tertiary/aromatic N) is 2. The number of anilines is 1. The molecule has 0 aromatic heterocycles. The molecule has 28 heavy (non-hydrogen) atoms. The molecule has 4 rings (SSSR count). The first-order valence-electron chi connectivity index (χ1n) is 8.65. The monoisotopic (exact) mass is 456 g/mol. The molecule has 0 aliphatic carbocycles. The van der Waals surface area contributed by atoms with Gasteiger partial charge in [-0.2, -0.15) is 0 Å². The number of para-hydroxylation sites is 2. The summed E-state index contributed by atoms with van der Waals surface area (Å²) in [6.07, 6.45) is 0. The highest BCUT2D eigenvalue weighted by atomic mass is 35.5. The van der Waals surface area contributed by atoms with E-state index in [9.17, 15) is 8.42 Å². The Morgan fingerprint density at radius 2 is 2.00 bits per heavy atom. The second kappa shape index (κ2) is 7.78. The van der Waals surface area contributed by atoms with Gasteiger partial charge in [-0.05, 0) is 29.8 Å². The molecule has 0 radical (unpaired) electrons. The van der Waals surface area contributed by atoms with Crippen molar-refractivity contribution < 1.29 is 13.2 Å². The number of sulfone groups is 1. The van der Waals surface area contributed by atoms with Crippen LogP contribution in [0.3, 0.4) is 0 Å². The molecule has 1 saturated heterocycles. The molecule has 2 aromatic rings. The van der Waals surface area contributed by atoms with Crippen LogP contribution in [0.2, 0.25) is 10.0 Å². The molecule has 9 heteroatoms. The molecule has 0 bridgehead atoms. The minimum absolute atomic E-state index is 0.0784. The van der Waals surface area contributed by atoms with Crippen LogP contribution in [0.4, 0.5) is 5.69 Å². The largest absolute Gasteiger partial charge is 0.495 e. The van der Waals surface area contributed by atoms with Gasteiger partial charge in [-0.3, -0.25) is 4.99 Å². The number of fused-ring (bicyclic) bond motifs is 1. The highest BCUT2D eigenvalue weighted by Crippen LogP contribution is 2.40. The van der Waals surface area contributed by atoms with Gasteiger partial charge < -0.3 is 9.64 Å². The lowest BCUT2D eigenvalue weighted by atomic mass is 10.1. The van der Waals surface area contributed by atoms with Crippen LogP contribution in [0, 0.1) is 0 Å². The van der Waals surface area contributed by atoms with Crippen LogP contribution in [0.1, 0.15) is 5.56 Å². The van der Waals surface area contributed by atoms with Gasteiger partial charge in [0.15, 0.2) is 15.0 Å². The highest BCUT2D eigenvalue weighted by molar-refractivity contribution is 8.13. The molecule has 1 fully saturated rings. The zero-order valence-electron chi connectivity index (χ0n) is 15.0. The van der Waals surface area contributed by atoms with E-state index in [4.69, 9.17) is 32.9 Å². The molecule has 0 spiro atoms. The molecule has 0 N–H and O–H groups in total. The molecular formula is C19H18Cl2N2O3S2. The fourth-order valence-corrected chi connectivity index (χ4v) is 7.04. The topological polar surface area (TPSA) is 59.0 Å². The summed E-state index contributed by atoms with van der Waals surface area (Å²) in [6.45, 7) is 0. The van der Waals surface area contributed by atoms with E-state index in [2.05, 4.69) is 0 Å². The molecule has 2 aromatic carbocycles. The standard InChI is InChI=1S/C19H18Cl2N2O3S2/c1-26-18-5-3-2-4-16(18)23-17-11-28(24,25)10-15(17)22-19(23)27-9-12-6-7-13(20)8-14(12)21/h2-8,15,17H,9-11H2,1H3/t15-,17-/m1/s1. The van der Waals surface area contributed by atoms with E-state index < -0.39 is 9.84 Å². The van der Waals surface area contributed by atoms with Gasteiger partial charge in [0.1, 0.15) is 5.75 Å². The van der Waals surface area contributed by atoms with Crippen LogP contribution in [0.5, 0.6) is 5.75 Å². The SMILES string of the molecule is COc1ccccc1N1C(SCc2ccc(Cl)cc2Cl)=N[C@@H]2CS(=O)(=O)C[C@H]21. The normalized spacial score (nSPS) is 22.8. The van der Waals surface area contributed by atoms with Crippen molar-refractivity contribution in [2.75, 3.05) is 23.5 Å². The summed E-state index contributed by atoms with van der Waals surface area (Å²) in [6, 6.07) is 12.5. The maximum atomic E-state index is 12.2. The summed E-state index contributed by atoms with van der Waals surface area (Å²) in [5.74, 6) is 1.46. The van der Waals surface area contributed by atoms with E-state index in [-0.39, 0.29) is 23.6 Å². The number of methoxy groups -OCH3 is 1. The molecule has 2 aliphatic rings. The summed E-state index contributed by atoms with van der Waals surface area (Å²) >= 11 is 13.8. The van der Waals surface area contributed by atoms with E-state index in [1.165, 1.54) is 11.8 Å². The van der Waals surface area contributed by atoms with E-state index in [1.54, 1.807) is 19.2 Å². The lowest BCUT2D eigenvalue weighted by Crippen LogP contribution is -2.39. The van der Waals surface area contributed by atoms with Crippen molar-refractivity contribution in [1.82, 2.24) is 0 Å². The molecular weight excluding hydrogens is 439 g/mol. The van der Waals surface area contributed by atoms with Gasteiger partial charge in [0.2, 0.25) is 0 Å². The number of benzene rings is 2. The molecule has 148 valence electrons. The first-order valence-corrected chi connectivity index (χ1v) is 12.2. The maximum absolute atomic E-state index is 12.2. The quantitative estimate of drug-likeness (QED) is 0.686. The second-order valence-corrected chi connectivity index (χ2v) is 10.6. The Bertz CT molecular complexity index is 1040. The highest BCUT2D eigenvalue weighted by Gasteiger charge is 2.47. The number of hydrogen-bond donors (Lipinski definition) is 0. The number of amidine groups is 1. The van der Waals surface area contributed by atoms with E-state index >= 15 is 0 Å². The Balaban J connectivity index is 1.66. The third-order valence-electron chi connectivity index (χ3n) is 4.82. The Morgan fingerprint density at radius 1 is 1.21 bits per heavy atom. The van der Waals surface area contributed by atoms with Crippen LogP contribution in [-0.4, -0.2) is 44.3 Å². The molecule has 5 nitrogen and oxygen atoms in total. The average molecular weight is 457 g/mol. The average Bonchev–Trinajstić information content (AvgIpc) is 3.12. The van der Waals surface area contributed by atoms with Crippen molar-refractivity contribution in [3.8, 4) is 5.75 Å². The minimum Gasteiger partial charge on any atom is -0.495 e. The number of ether oxygens (including phenoxy) is 1. The molecule has 0 saturated carbocycles. The fourth-order valence-electron chi connectivity index (χ4n) is 3.52. The van der Waals surface area contributed by atoms with Crippen molar-refractivity contribution >= 4 is 55.7 Å². The first kappa shape index (κ1) is 19.9. The van der Waals surface area contributed by atoms with Crippen molar-refractivity contribution in [1.29, 1.82) is 0 Å². The summed E-state index contributed by atoms with van der Waals surface area (Å²) in [7, 11) is -1.50. The Labute approximate surface area is 178 Å². The number of halogens is 2. The fraction of sp³-hybridized carbons (Fsp3) is 0.316. The van der Waals surface area contributed by atoms with Crippen LogP contribution in [0.15, 0.2) is 47.5 Å². The van der Waals surface area contributed by atoms with E-state index in [0.717, 1.165) is 16.4 Å². The van der Waals surface area contributed by atoms with Crippen molar-refractivity contribution in [3.63, 3.8) is 0 Å². The van der Waals surface area contributed by atoms with Crippen LogP contribution in [0.25, 0.3) is 0 Å². The Hall–Kier alpha value is -1.41. The molecule has 0 amide bonds. The minimum atomic E-state index is -3.10. The number of hydrogen-bond acceptors (Lipinski definition) is 6. The number of thioether (sulfide) groups is 1. The number of aliphatic imine (C=N–C) groups is 1. The lowest BCUT2D eigenvalue weighted by molar-refractivity contribution is 0.415. The van der Waals surface area contributed by atoms with Gasteiger partial charge in [0.05, 0.1) is 36.4 Å². The lowest BCUT2D eigenvalue weighted by Gasteiger charge is -2.28.